The smallest absolute Gasteiger partial charge is 0.271 e. The van der Waals surface area contributed by atoms with Gasteiger partial charge in [0.05, 0.1) is 0 Å². The van der Waals surface area contributed by atoms with E-state index in [-0.39, 0.29) is 11.7 Å². The van der Waals surface area contributed by atoms with Crippen LogP contribution in [0, 0.1) is 11.7 Å². The number of aromatic nitrogens is 4. The van der Waals surface area contributed by atoms with Crippen LogP contribution in [0.3, 0.4) is 0 Å². The minimum absolute atomic E-state index is 0.00746. The van der Waals surface area contributed by atoms with Crippen LogP contribution in [0.4, 0.5) is 4.39 Å². The van der Waals surface area contributed by atoms with Gasteiger partial charge in [0.2, 0.25) is 0 Å². The molecule has 8 heteroatoms. The van der Waals surface area contributed by atoms with E-state index >= 15 is 0 Å². The molecule has 0 aliphatic carbocycles. The van der Waals surface area contributed by atoms with Crippen molar-refractivity contribution < 1.29 is 13.7 Å². The third-order valence-electron chi connectivity index (χ3n) is 4.97. The molecule has 0 unspecified atom stereocenters. The second kappa shape index (κ2) is 7.69. The molecule has 1 aliphatic heterocycles. The molecule has 0 saturated carbocycles. The summed E-state index contributed by atoms with van der Waals surface area (Å²) in [4.78, 5) is 18.6. The quantitative estimate of drug-likeness (QED) is 0.747. The van der Waals surface area contributed by atoms with Gasteiger partial charge in [-0.2, -0.15) is 10.1 Å². The van der Waals surface area contributed by atoms with E-state index in [2.05, 4.69) is 20.3 Å². The number of nitrogens with one attached hydrogen (secondary N) is 1. The van der Waals surface area contributed by atoms with Crippen LogP contribution in [0.1, 0.15) is 35.6 Å². The number of aryl methyl sites for hydroxylation is 1. The zero-order valence-electron chi connectivity index (χ0n) is 14.8. The van der Waals surface area contributed by atoms with Crippen molar-refractivity contribution in [2.75, 3.05) is 13.1 Å². The summed E-state index contributed by atoms with van der Waals surface area (Å²) in [6.45, 7) is 1.49. The van der Waals surface area contributed by atoms with Gasteiger partial charge < -0.3 is 9.42 Å². The van der Waals surface area contributed by atoms with Crippen molar-refractivity contribution in [1.29, 1.82) is 0 Å². The van der Waals surface area contributed by atoms with Crippen LogP contribution in [-0.4, -0.2) is 44.2 Å². The van der Waals surface area contributed by atoms with Crippen LogP contribution in [0.5, 0.6) is 0 Å². The zero-order chi connectivity index (χ0) is 18.6. The Hall–Kier alpha value is -3.03. The minimum atomic E-state index is -0.296. The zero-order valence-corrected chi connectivity index (χ0v) is 14.8. The molecule has 27 heavy (non-hydrogen) atoms. The molecule has 4 rings (SSSR count). The third-order valence-corrected chi connectivity index (χ3v) is 4.97. The summed E-state index contributed by atoms with van der Waals surface area (Å²) in [6.07, 6.45) is 5.19. The molecule has 1 aromatic carbocycles. The minimum Gasteiger partial charge on any atom is -0.337 e. The maximum Gasteiger partial charge on any atom is 0.271 e. The highest BCUT2D eigenvalue weighted by Crippen LogP contribution is 2.24. The lowest BCUT2D eigenvalue weighted by Crippen LogP contribution is -2.38. The van der Waals surface area contributed by atoms with Gasteiger partial charge in [-0.05, 0) is 55.5 Å². The van der Waals surface area contributed by atoms with E-state index in [1.807, 2.05) is 4.90 Å². The highest BCUT2D eigenvalue weighted by atomic mass is 19.1. The van der Waals surface area contributed by atoms with Crippen LogP contribution < -0.4 is 0 Å². The summed E-state index contributed by atoms with van der Waals surface area (Å²) in [6, 6.07) is 7.69. The Morgan fingerprint density at radius 1 is 1.22 bits per heavy atom. The first-order valence-electron chi connectivity index (χ1n) is 9.06. The maximum atomic E-state index is 13.0. The second-order valence-electron chi connectivity index (χ2n) is 6.77. The number of hydrogen-bond donors (Lipinski definition) is 1. The topological polar surface area (TPSA) is 87.9 Å². The standard InChI is InChI=1S/C19H20FN5O2/c20-15-4-2-14(3-5-15)18-22-17(24-27-18)6-1-13-8-11-25(12-9-13)19(26)16-7-10-21-23-16/h2-5,7,10,13H,1,6,8-9,11-12H2,(H,21,23). The van der Waals surface area contributed by atoms with Crippen LogP contribution in [0.15, 0.2) is 41.1 Å². The summed E-state index contributed by atoms with van der Waals surface area (Å²) >= 11 is 0. The van der Waals surface area contributed by atoms with Gasteiger partial charge in [-0.15, -0.1) is 0 Å². The molecule has 3 heterocycles. The van der Waals surface area contributed by atoms with Crippen LogP contribution in [0.25, 0.3) is 11.5 Å². The largest absolute Gasteiger partial charge is 0.337 e. The maximum absolute atomic E-state index is 13.0. The molecule has 1 aliphatic rings. The van der Waals surface area contributed by atoms with Gasteiger partial charge in [0.1, 0.15) is 11.5 Å². The average Bonchev–Trinajstić information content (AvgIpc) is 3.39. The van der Waals surface area contributed by atoms with Crippen LogP contribution in [0.2, 0.25) is 0 Å². The number of H-pyrrole nitrogens is 1. The normalized spacial score (nSPS) is 15.2. The molecular formula is C19H20FN5O2. The predicted molar refractivity (Wildman–Crippen MR) is 95.2 cm³/mol. The monoisotopic (exact) mass is 369 g/mol. The van der Waals surface area contributed by atoms with Crippen molar-refractivity contribution in [3.63, 3.8) is 0 Å². The fourth-order valence-corrected chi connectivity index (χ4v) is 3.37. The molecule has 0 atom stereocenters. The van der Waals surface area contributed by atoms with Crippen molar-refractivity contribution in [2.24, 2.45) is 5.92 Å². The van der Waals surface area contributed by atoms with E-state index < -0.39 is 0 Å². The Morgan fingerprint density at radius 3 is 2.70 bits per heavy atom. The molecular weight excluding hydrogens is 349 g/mol. The molecule has 7 nitrogen and oxygen atoms in total. The van der Waals surface area contributed by atoms with E-state index in [9.17, 15) is 9.18 Å². The molecule has 3 aromatic rings. The Kier molecular flexibility index (Phi) is 4.95. The van der Waals surface area contributed by atoms with Gasteiger partial charge in [0, 0.05) is 31.3 Å². The predicted octanol–water partition coefficient (Wildman–Crippen LogP) is 3.08. The lowest BCUT2D eigenvalue weighted by molar-refractivity contribution is 0.0680. The van der Waals surface area contributed by atoms with E-state index in [1.54, 1.807) is 24.4 Å². The van der Waals surface area contributed by atoms with E-state index in [4.69, 9.17) is 4.52 Å². The number of aromatic amines is 1. The summed E-state index contributed by atoms with van der Waals surface area (Å²) in [5.74, 6) is 1.31. The average molecular weight is 369 g/mol. The number of hydrogen-bond acceptors (Lipinski definition) is 5. The number of rotatable bonds is 5. The summed E-state index contributed by atoms with van der Waals surface area (Å²) in [5, 5.41) is 10.6. The summed E-state index contributed by atoms with van der Waals surface area (Å²) in [5.41, 5.74) is 1.24. The molecule has 1 fully saturated rings. The molecule has 1 amide bonds. The van der Waals surface area contributed by atoms with Crippen LogP contribution >= 0.6 is 0 Å². The highest BCUT2D eigenvalue weighted by molar-refractivity contribution is 5.92. The number of likely N-dealkylation sites (tertiary alicyclic amines) is 1. The van der Waals surface area contributed by atoms with Gasteiger partial charge in [-0.3, -0.25) is 9.89 Å². The van der Waals surface area contributed by atoms with Crippen LogP contribution in [-0.2, 0) is 6.42 Å². The van der Waals surface area contributed by atoms with Gasteiger partial charge >= 0.3 is 0 Å². The van der Waals surface area contributed by atoms with E-state index in [0.717, 1.165) is 38.8 Å². The number of halogens is 1. The van der Waals surface area contributed by atoms with Crippen molar-refractivity contribution in [3.05, 3.63) is 53.9 Å². The van der Waals surface area contributed by atoms with Gasteiger partial charge in [0.15, 0.2) is 5.82 Å². The third kappa shape index (κ3) is 4.05. The number of carbonyl (C=O) groups is 1. The fourth-order valence-electron chi connectivity index (χ4n) is 3.37. The number of amides is 1. The Bertz CT molecular complexity index is 883. The van der Waals surface area contributed by atoms with E-state index in [0.29, 0.717) is 28.9 Å². The van der Waals surface area contributed by atoms with Gasteiger partial charge in [0.25, 0.3) is 11.8 Å². The van der Waals surface area contributed by atoms with Gasteiger partial charge in [-0.25, -0.2) is 4.39 Å². The molecule has 0 spiro atoms. The fraction of sp³-hybridized carbons (Fsp3) is 0.368. The Balaban J connectivity index is 1.27. The first-order chi connectivity index (χ1) is 13.2. The van der Waals surface area contributed by atoms with E-state index in [1.165, 1.54) is 12.1 Å². The molecule has 1 N–H and O–H groups in total. The molecule has 1 saturated heterocycles. The number of benzene rings is 1. The number of carbonyl (C=O) groups excluding carboxylic acids is 1. The first kappa shape index (κ1) is 17.4. The second-order valence-corrected chi connectivity index (χ2v) is 6.77. The lowest BCUT2D eigenvalue weighted by Gasteiger charge is -2.31. The number of nitrogens with zero attached hydrogens (tertiary/aromatic N) is 4. The summed E-state index contributed by atoms with van der Waals surface area (Å²) < 4.78 is 18.3. The molecule has 2 aromatic heterocycles. The van der Waals surface area contributed by atoms with Crippen molar-refractivity contribution in [2.45, 2.75) is 25.7 Å². The molecule has 140 valence electrons. The SMILES string of the molecule is O=C(c1ccn[nH]1)N1CCC(CCc2noc(-c3ccc(F)cc3)n2)CC1. The highest BCUT2D eigenvalue weighted by Gasteiger charge is 2.24. The summed E-state index contributed by atoms with van der Waals surface area (Å²) in [7, 11) is 0. The van der Waals surface area contributed by atoms with Crippen molar-refractivity contribution >= 4 is 5.91 Å². The van der Waals surface area contributed by atoms with Crippen molar-refractivity contribution in [1.82, 2.24) is 25.2 Å². The van der Waals surface area contributed by atoms with Crippen molar-refractivity contribution in [3.8, 4) is 11.5 Å². The van der Waals surface area contributed by atoms with Gasteiger partial charge in [-0.1, -0.05) is 5.16 Å². The number of piperidine rings is 1. The Morgan fingerprint density at radius 2 is 2.00 bits per heavy atom. The molecule has 0 bridgehead atoms. The molecule has 0 radical (unpaired) electrons. The first-order valence-corrected chi connectivity index (χ1v) is 9.06. The lowest BCUT2D eigenvalue weighted by atomic mass is 9.92. The Labute approximate surface area is 155 Å².